The lowest BCUT2D eigenvalue weighted by atomic mass is 9.98. The number of amides is 1. The van der Waals surface area contributed by atoms with Crippen LogP contribution in [0.25, 0.3) is 10.8 Å². The Bertz CT molecular complexity index is 731. The second-order valence-electron chi connectivity index (χ2n) is 5.56. The molecular weight excluding hydrogens is 290 g/mol. The lowest BCUT2D eigenvalue weighted by molar-refractivity contribution is -0.142. The number of aliphatic carboxylic acids is 1. The van der Waals surface area contributed by atoms with Gasteiger partial charge in [-0.1, -0.05) is 61.5 Å². The van der Waals surface area contributed by atoms with Gasteiger partial charge in [-0.15, -0.1) is 0 Å². The Balaban J connectivity index is 2.22. The van der Waals surface area contributed by atoms with E-state index in [-0.39, 0.29) is 18.2 Å². The van der Waals surface area contributed by atoms with E-state index in [0.29, 0.717) is 0 Å². The van der Waals surface area contributed by atoms with Gasteiger partial charge in [0.1, 0.15) is 6.04 Å². The number of carboxylic acids is 1. The summed E-state index contributed by atoms with van der Waals surface area (Å²) in [6.45, 7) is 3.57. The molecule has 23 heavy (non-hydrogen) atoms. The number of benzene rings is 2. The average Bonchev–Trinajstić information content (AvgIpc) is 2.54. The number of carbonyl (C=O) groups is 2. The van der Waals surface area contributed by atoms with Crippen LogP contribution in [0, 0.1) is 5.92 Å². The zero-order chi connectivity index (χ0) is 16.8. The summed E-state index contributed by atoms with van der Waals surface area (Å²) >= 11 is 0. The molecule has 120 valence electrons. The fraction of sp³-hybridized carbons (Fsp3) is 0.263. The van der Waals surface area contributed by atoms with E-state index in [1.54, 1.807) is 19.1 Å². The van der Waals surface area contributed by atoms with Gasteiger partial charge < -0.3 is 10.4 Å². The molecule has 0 saturated carbocycles. The first-order valence-corrected chi connectivity index (χ1v) is 7.65. The van der Waals surface area contributed by atoms with Crippen molar-refractivity contribution in [1.29, 1.82) is 0 Å². The predicted molar refractivity (Wildman–Crippen MR) is 91.2 cm³/mol. The van der Waals surface area contributed by atoms with Gasteiger partial charge in [0.25, 0.3) is 0 Å². The fourth-order valence-corrected chi connectivity index (χ4v) is 2.57. The highest BCUT2D eigenvalue weighted by Crippen LogP contribution is 2.20. The van der Waals surface area contributed by atoms with Gasteiger partial charge in [0.05, 0.1) is 5.92 Å². The van der Waals surface area contributed by atoms with Crippen molar-refractivity contribution in [2.24, 2.45) is 5.92 Å². The highest BCUT2D eigenvalue weighted by Gasteiger charge is 2.22. The van der Waals surface area contributed by atoms with Crippen molar-refractivity contribution in [2.75, 3.05) is 0 Å². The summed E-state index contributed by atoms with van der Waals surface area (Å²) in [7, 11) is 0. The van der Waals surface area contributed by atoms with Crippen LogP contribution in [0.4, 0.5) is 0 Å². The second-order valence-corrected chi connectivity index (χ2v) is 5.56. The molecule has 0 aromatic heterocycles. The minimum Gasteiger partial charge on any atom is -0.480 e. The van der Waals surface area contributed by atoms with Crippen LogP contribution in [0.1, 0.15) is 19.4 Å². The standard InChI is InChI=1S/C19H21NO3/c1-3-7-13(2)18(21)20-17(19(22)23)12-15-10-6-9-14-8-4-5-11-16(14)15/h3-11,13,17H,12H2,1-2H3,(H,20,21)(H,22,23)/t13?,17-/m0/s1. The van der Waals surface area contributed by atoms with E-state index >= 15 is 0 Å². The van der Waals surface area contributed by atoms with Gasteiger partial charge in [-0.3, -0.25) is 4.79 Å². The molecule has 0 fully saturated rings. The first kappa shape index (κ1) is 16.7. The van der Waals surface area contributed by atoms with Crippen LogP contribution in [0.3, 0.4) is 0 Å². The second kappa shape index (κ2) is 7.58. The van der Waals surface area contributed by atoms with Crippen molar-refractivity contribution in [3.63, 3.8) is 0 Å². The van der Waals surface area contributed by atoms with Crippen molar-refractivity contribution in [3.8, 4) is 0 Å². The maximum absolute atomic E-state index is 12.1. The van der Waals surface area contributed by atoms with Gasteiger partial charge >= 0.3 is 5.97 Å². The molecule has 1 unspecified atom stereocenters. The zero-order valence-electron chi connectivity index (χ0n) is 13.3. The molecule has 4 heteroatoms. The molecule has 0 spiro atoms. The number of hydrogen-bond acceptors (Lipinski definition) is 2. The number of carboxylic acid groups (broad SMARTS) is 1. The molecule has 2 aromatic rings. The van der Waals surface area contributed by atoms with E-state index in [1.807, 2.05) is 49.4 Å². The number of allylic oxidation sites excluding steroid dienone is 1. The Kier molecular flexibility index (Phi) is 5.52. The molecule has 0 aliphatic rings. The van der Waals surface area contributed by atoms with E-state index in [1.165, 1.54) is 0 Å². The van der Waals surface area contributed by atoms with Crippen LogP contribution >= 0.6 is 0 Å². The smallest absolute Gasteiger partial charge is 0.326 e. The summed E-state index contributed by atoms with van der Waals surface area (Å²) in [6, 6.07) is 12.7. The van der Waals surface area contributed by atoms with Crippen molar-refractivity contribution in [3.05, 3.63) is 60.2 Å². The highest BCUT2D eigenvalue weighted by molar-refractivity contribution is 5.88. The van der Waals surface area contributed by atoms with Gasteiger partial charge in [-0.2, -0.15) is 0 Å². The molecule has 0 aliphatic carbocycles. The molecule has 0 radical (unpaired) electrons. The molecule has 2 aromatic carbocycles. The van der Waals surface area contributed by atoms with E-state index in [4.69, 9.17) is 0 Å². The Morgan fingerprint density at radius 2 is 1.87 bits per heavy atom. The average molecular weight is 311 g/mol. The van der Waals surface area contributed by atoms with Crippen LogP contribution in [-0.4, -0.2) is 23.0 Å². The number of rotatable bonds is 6. The third-order valence-corrected chi connectivity index (χ3v) is 3.81. The first-order chi connectivity index (χ1) is 11.0. The lowest BCUT2D eigenvalue weighted by Gasteiger charge is -2.17. The van der Waals surface area contributed by atoms with E-state index in [0.717, 1.165) is 16.3 Å². The third kappa shape index (κ3) is 4.19. The van der Waals surface area contributed by atoms with E-state index < -0.39 is 12.0 Å². The lowest BCUT2D eigenvalue weighted by Crippen LogP contribution is -2.44. The topological polar surface area (TPSA) is 66.4 Å². The maximum Gasteiger partial charge on any atom is 0.326 e. The molecule has 0 bridgehead atoms. The van der Waals surface area contributed by atoms with E-state index in [2.05, 4.69) is 5.32 Å². The summed E-state index contributed by atoms with van der Waals surface area (Å²) in [5, 5.41) is 14.1. The minimum absolute atomic E-state index is 0.255. The van der Waals surface area contributed by atoms with Crippen molar-refractivity contribution >= 4 is 22.6 Å². The van der Waals surface area contributed by atoms with Crippen molar-refractivity contribution < 1.29 is 14.7 Å². The summed E-state index contributed by atoms with van der Waals surface area (Å²) in [4.78, 5) is 23.6. The largest absolute Gasteiger partial charge is 0.480 e. The Hall–Kier alpha value is -2.62. The molecule has 1 amide bonds. The molecule has 2 atom stereocenters. The normalized spacial score (nSPS) is 13.8. The minimum atomic E-state index is -1.03. The van der Waals surface area contributed by atoms with Crippen molar-refractivity contribution in [1.82, 2.24) is 5.32 Å². The molecule has 0 heterocycles. The number of nitrogens with one attached hydrogen (secondary N) is 1. The van der Waals surface area contributed by atoms with Crippen molar-refractivity contribution in [2.45, 2.75) is 26.3 Å². The third-order valence-electron chi connectivity index (χ3n) is 3.81. The van der Waals surface area contributed by atoms with Gasteiger partial charge in [0, 0.05) is 6.42 Å². The summed E-state index contributed by atoms with van der Waals surface area (Å²) in [5.41, 5.74) is 0.912. The fourth-order valence-electron chi connectivity index (χ4n) is 2.57. The van der Waals surface area contributed by atoms with Crippen LogP contribution in [0.5, 0.6) is 0 Å². The van der Waals surface area contributed by atoms with Gasteiger partial charge in [-0.25, -0.2) is 4.79 Å². The predicted octanol–water partition coefficient (Wildman–Crippen LogP) is 3.16. The number of fused-ring (bicyclic) bond motifs is 1. The molecule has 2 rings (SSSR count). The van der Waals surface area contributed by atoms with Crippen LogP contribution in [0.15, 0.2) is 54.6 Å². The molecular formula is C19H21NO3. The highest BCUT2D eigenvalue weighted by atomic mass is 16.4. The molecule has 4 nitrogen and oxygen atoms in total. The summed E-state index contributed by atoms with van der Waals surface area (Å²) in [6.07, 6.45) is 3.78. The molecule has 2 N–H and O–H groups in total. The maximum atomic E-state index is 12.1. The summed E-state index contributed by atoms with van der Waals surface area (Å²) in [5.74, 6) is -1.66. The zero-order valence-corrected chi connectivity index (χ0v) is 13.3. The van der Waals surface area contributed by atoms with Crippen LogP contribution in [0.2, 0.25) is 0 Å². The van der Waals surface area contributed by atoms with E-state index in [9.17, 15) is 14.7 Å². The Morgan fingerprint density at radius 3 is 2.57 bits per heavy atom. The molecule has 0 saturated heterocycles. The van der Waals surface area contributed by atoms with Crippen LogP contribution < -0.4 is 5.32 Å². The summed E-state index contributed by atoms with van der Waals surface area (Å²) < 4.78 is 0. The van der Waals surface area contributed by atoms with Gasteiger partial charge in [0.15, 0.2) is 0 Å². The quantitative estimate of drug-likeness (QED) is 0.805. The van der Waals surface area contributed by atoms with Crippen LogP contribution in [-0.2, 0) is 16.0 Å². The number of hydrogen-bond donors (Lipinski definition) is 2. The Labute approximate surface area is 135 Å². The van der Waals surface area contributed by atoms with Gasteiger partial charge in [-0.05, 0) is 23.3 Å². The monoisotopic (exact) mass is 311 g/mol. The van der Waals surface area contributed by atoms with Gasteiger partial charge in [0.2, 0.25) is 5.91 Å². The number of carbonyl (C=O) groups excluding carboxylic acids is 1. The SMILES string of the molecule is CC=CC(C)C(=O)N[C@@H](Cc1cccc2ccccc12)C(=O)O. The first-order valence-electron chi connectivity index (χ1n) is 7.65. The Morgan fingerprint density at radius 1 is 1.17 bits per heavy atom. The molecule has 0 aliphatic heterocycles.